The molecule has 3 nitrogen and oxygen atoms in total. The Morgan fingerprint density at radius 3 is 2.53 bits per heavy atom. The highest BCUT2D eigenvalue weighted by Gasteiger charge is 2.16. The van der Waals surface area contributed by atoms with E-state index in [-0.39, 0.29) is 12.0 Å². The molecule has 0 heterocycles. The molecule has 0 aliphatic heterocycles. The van der Waals surface area contributed by atoms with E-state index < -0.39 is 0 Å². The minimum absolute atomic E-state index is 0.0819. The van der Waals surface area contributed by atoms with Crippen LogP contribution in [-0.2, 0) is 10.2 Å². The van der Waals surface area contributed by atoms with E-state index in [1.54, 1.807) is 0 Å². The van der Waals surface area contributed by atoms with Crippen molar-refractivity contribution in [3.8, 4) is 0 Å². The summed E-state index contributed by atoms with van der Waals surface area (Å²) in [4.78, 5) is 0. The molecule has 0 saturated carbocycles. The van der Waals surface area contributed by atoms with Crippen molar-refractivity contribution in [2.75, 3.05) is 31.7 Å². The fourth-order valence-electron chi connectivity index (χ4n) is 1.72. The second kappa shape index (κ2) is 6.62. The first kappa shape index (κ1) is 14.0. The smallest absolute Gasteiger partial charge is 0.0698 e. The Bertz CT molecular complexity index is 331. The Kier molecular flexibility index (Phi) is 5.45. The molecule has 0 unspecified atom stereocenters. The SMILES string of the molecule is CC(C)(C)c1ccccc1NCCOCCO. The standard InChI is InChI=1S/C14H23NO2/c1-14(2,3)12-6-4-5-7-13(12)15-8-10-17-11-9-16/h4-7,15-16H,8-11H2,1-3H3. The lowest BCUT2D eigenvalue weighted by molar-refractivity contribution is 0.0992. The Morgan fingerprint density at radius 1 is 1.18 bits per heavy atom. The van der Waals surface area contributed by atoms with E-state index in [0.717, 1.165) is 12.2 Å². The number of rotatable bonds is 6. The van der Waals surface area contributed by atoms with Crippen LogP contribution in [0.1, 0.15) is 26.3 Å². The largest absolute Gasteiger partial charge is 0.394 e. The van der Waals surface area contributed by atoms with Crippen molar-refractivity contribution in [1.82, 2.24) is 0 Å². The normalized spacial score (nSPS) is 11.5. The van der Waals surface area contributed by atoms with E-state index in [1.807, 2.05) is 6.07 Å². The van der Waals surface area contributed by atoms with Crippen LogP contribution in [0, 0.1) is 0 Å². The van der Waals surface area contributed by atoms with Gasteiger partial charge in [0.15, 0.2) is 0 Å². The van der Waals surface area contributed by atoms with E-state index >= 15 is 0 Å². The van der Waals surface area contributed by atoms with Crippen molar-refractivity contribution in [1.29, 1.82) is 0 Å². The lowest BCUT2D eigenvalue weighted by Gasteiger charge is -2.23. The predicted octanol–water partition coefficient (Wildman–Crippen LogP) is 2.40. The van der Waals surface area contributed by atoms with Crippen LogP contribution < -0.4 is 5.32 Å². The summed E-state index contributed by atoms with van der Waals surface area (Å²) in [6, 6.07) is 8.34. The number of hydrogen-bond acceptors (Lipinski definition) is 3. The van der Waals surface area contributed by atoms with Gasteiger partial charge in [0, 0.05) is 12.2 Å². The van der Waals surface area contributed by atoms with Gasteiger partial charge in [-0.3, -0.25) is 0 Å². The van der Waals surface area contributed by atoms with Gasteiger partial charge in [0.05, 0.1) is 19.8 Å². The fourth-order valence-corrected chi connectivity index (χ4v) is 1.72. The number of aliphatic hydroxyl groups excluding tert-OH is 1. The van der Waals surface area contributed by atoms with Crippen LogP contribution in [0.4, 0.5) is 5.69 Å². The molecule has 1 aromatic rings. The van der Waals surface area contributed by atoms with Gasteiger partial charge in [0.1, 0.15) is 0 Å². The summed E-state index contributed by atoms with van der Waals surface area (Å²) in [6.07, 6.45) is 0. The van der Waals surface area contributed by atoms with Crippen molar-refractivity contribution in [2.24, 2.45) is 0 Å². The van der Waals surface area contributed by atoms with Gasteiger partial charge in [-0.2, -0.15) is 0 Å². The first-order valence-corrected chi connectivity index (χ1v) is 6.07. The fraction of sp³-hybridized carbons (Fsp3) is 0.571. The number of anilines is 1. The lowest BCUT2D eigenvalue weighted by Crippen LogP contribution is -2.17. The maximum absolute atomic E-state index is 8.59. The summed E-state index contributed by atoms with van der Waals surface area (Å²) < 4.78 is 5.22. The maximum atomic E-state index is 8.59. The van der Waals surface area contributed by atoms with Crippen LogP contribution >= 0.6 is 0 Å². The zero-order valence-electron chi connectivity index (χ0n) is 11.0. The van der Waals surface area contributed by atoms with Crippen molar-refractivity contribution in [3.05, 3.63) is 29.8 Å². The minimum Gasteiger partial charge on any atom is -0.394 e. The highest BCUT2D eigenvalue weighted by atomic mass is 16.5. The summed E-state index contributed by atoms with van der Waals surface area (Å²) in [5.74, 6) is 0. The molecule has 3 heteroatoms. The van der Waals surface area contributed by atoms with E-state index in [4.69, 9.17) is 9.84 Å². The molecule has 0 spiro atoms. The highest BCUT2D eigenvalue weighted by Crippen LogP contribution is 2.28. The monoisotopic (exact) mass is 237 g/mol. The van der Waals surface area contributed by atoms with Gasteiger partial charge in [-0.1, -0.05) is 39.0 Å². The van der Waals surface area contributed by atoms with Crippen LogP contribution in [0.3, 0.4) is 0 Å². The third-order valence-corrected chi connectivity index (χ3v) is 2.53. The summed E-state index contributed by atoms with van der Waals surface area (Å²) in [6.45, 7) is 8.47. The van der Waals surface area contributed by atoms with Gasteiger partial charge in [-0.25, -0.2) is 0 Å². The zero-order chi connectivity index (χ0) is 12.7. The zero-order valence-corrected chi connectivity index (χ0v) is 11.0. The molecule has 1 aromatic carbocycles. The maximum Gasteiger partial charge on any atom is 0.0698 e. The molecular formula is C14H23NO2. The van der Waals surface area contributed by atoms with Crippen LogP contribution in [0.5, 0.6) is 0 Å². The second-order valence-corrected chi connectivity index (χ2v) is 5.06. The van der Waals surface area contributed by atoms with Crippen LogP contribution in [0.25, 0.3) is 0 Å². The number of nitrogens with one attached hydrogen (secondary N) is 1. The molecule has 0 bridgehead atoms. The average Bonchev–Trinajstić information content (AvgIpc) is 2.28. The Morgan fingerprint density at radius 2 is 1.88 bits per heavy atom. The third-order valence-electron chi connectivity index (χ3n) is 2.53. The second-order valence-electron chi connectivity index (χ2n) is 5.06. The Hall–Kier alpha value is -1.06. The minimum atomic E-state index is 0.0819. The van der Waals surface area contributed by atoms with E-state index in [2.05, 4.69) is 44.3 Å². The molecule has 96 valence electrons. The van der Waals surface area contributed by atoms with Crippen LogP contribution in [0.15, 0.2) is 24.3 Å². The summed E-state index contributed by atoms with van der Waals surface area (Å²) in [5.41, 5.74) is 2.60. The molecule has 0 amide bonds. The molecule has 0 fully saturated rings. The van der Waals surface area contributed by atoms with E-state index in [9.17, 15) is 0 Å². The molecular weight excluding hydrogens is 214 g/mol. The third kappa shape index (κ3) is 4.75. The summed E-state index contributed by atoms with van der Waals surface area (Å²) in [5, 5.41) is 12.0. The van der Waals surface area contributed by atoms with Crippen LogP contribution in [-0.4, -0.2) is 31.5 Å². The van der Waals surface area contributed by atoms with Crippen LogP contribution in [0.2, 0.25) is 0 Å². The van der Waals surface area contributed by atoms with Gasteiger partial charge in [0.2, 0.25) is 0 Å². The first-order valence-electron chi connectivity index (χ1n) is 6.07. The van der Waals surface area contributed by atoms with E-state index in [0.29, 0.717) is 13.2 Å². The molecule has 0 aliphatic rings. The molecule has 2 N–H and O–H groups in total. The molecule has 0 saturated heterocycles. The first-order chi connectivity index (χ1) is 8.05. The number of aliphatic hydroxyl groups is 1. The van der Waals surface area contributed by atoms with Crippen molar-refractivity contribution < 1.29 is 9.84 Å². The predicted molar refractivity (Wildman–Crippen MR) is 71.5 cm³/mol. The number of para-hydroxylation sites is 1. The average molecular weight is 237 g/mol. The van der Waals surface area contributed by atoms with Crippen molar-refractivity contribution in [3.63, 3.8) is 0 Å². The number of ether oxygens (including phenoxy) is 1. The lowest BCUT2D eigenvalue weighted by atomic mass is 9.86. The quantitative estimate of drug-likeness (QED) is 0.747. The molecule has 0 radical (unpaired) electrons. The van der Waals surface area contributed by atoms with E-state index in [1.165, 1.54) is 5.56 Å². The van der Waals surface area contributed by atoms with Gasteiger partial charge in [-0.05, 0) is 17.0 Å². The van der Waals surface area contributed by atoms with Gasteiger partial charge >= 0.3 is 0 Å². The molecule has 0 aromatic heterocycles. The Balaban J connectivity index is 2.53. The molecule has 17 heavy (non-hydrogen) atoms. The van der Waals surface area contributed by atoms with Crippen molar-refractivity contribution in [2.45, 2.75) is 26.2 Å². The van der Waals surface area contributed by atoms with Gasteiger partial charge in [0.25, 0.3) is 0 Å². The summed E-state index contributed by atoms with van der Waals surface area (Å²) in [7, 11) is 0. The Labute approximate surface area is 104 Å². The number of hydrogen-bond donors (Lipinski definition) is 2. The summed E-state index contributed by atoms with van der Waals surface area (Å²) >= 11 is 0. The highest BCUT2D eigenvalue weighted by molar-refractivity contribution is 5.54. The topological polar surface area (TPSA) is 41.5 Å². The number of benzene rings is 1. The molecule has 1 rings (SSSR count). The van der Waals surface area contributed by atoms with Crippen molar-refractivity contribution >= 4 is 5.69 Å². The molecule has 0 atom stereocenters. The molecule has 0 aliphatic carbocycles. The van der Waals surface area contributed by atoms with Gasteiger partial charge in [-0.15, -0.1) is 0 Å². The van der Waals surface area contributed by atoms with Gasteiger partial charge < -0.3 is 15.2 Å².